The number of nitrogens with zero attached hydrogens (tertiary/aromatic N) is 2. The summed E-state index contributed by atoms with van der Waals surface area (Å²) in [6, 6.07) is 2.35. The zero-order valence-electron chi connectivity index (χ0n) is 11.6. The standard InChI is InChI=1S/C15H24N2O/c1-12-8-13(2)10-17(9-12)14(18)15(11-16)6-4-3-5-7-15/h12-13H,3-10H2,1-2H3. The van der Waals surface area contributed by atoms with Crippen LogP contribution in [0.1, 0.15) is 52.4 Å². The number of likely N-dealkylation sites (tertiary alicyclic amines) is 1. The van der Waals surface area contributed by atoms with Crippen molar-refractivity contribution in [3.8, 4) is 6.07 Å². The number of hydrogen-bond acceptors (Lipinski definition) is 2. The Hall–Kier alpha value is -1.04. The van der Waals surface area contributed by atoms with Crippen molar-refractivity contribution in [2.75, 3.05) is 13.1 Å². The van der Waals surface area contributed by atoms with Gasteiger partial charge in [0.1, 0.15) is 5.41 Å². The third-order valence-corrected chi connectivity index (χ3v) is 4.49. The molecule has 100 valence electrons. The maximum Gasteiger partial charge on any atom is 0.243 e. The first-order valence-electron chi connectivity index (χ1n) is 7.28. The Labute approximate surface area is 110 Å². The Kier molecular flexibility index (Phi) is 3.94. The lowest BCUT2D eigenvalue weighted by Crippen LogP contribution is -2.50. The summed E-state index contributed by atoms with van der Waals surface area (Å²) in [5.74, 6) is 1.25. The van der Waals surface area contributed by atoms with Crippen molar-refractivity contribution in [1.29, 1.82) is 5.26 Å². The van der Waals surface area contributed by atoms with Crippen LogP contribution in [0.15, 0.2) is 0 Å². The Morgan fingerprint density at radius 3 is 2.22 bits per heavy atom. The lowest BCUT2D eigenvalue weighted by Gasteiger charge is -2.40. The number of carbonyl (C=O) groups is 1. The Bertz CT molecular complexity index is 342. The molecule has 2 unspecified atom stereocenters. The van der Waals surface area contributed by atoms with Crippen LogP contribution in [0.3, 0.4) is 0 Å². The molecule has 1 saturated carbocycles. The minimum absolute atomic E-state index is 0.114. The maximum atomic E-state index is 12.7. The lowest BCUT2D eigenvalue weighted by molar-refractivity contribution is -0.143. The zero-order chi connectivity index (χ0) is 13.2. The first-order chi connectivity index (χ1) is 8.57. The molecular weight excluding hydrogens is 224 g/mol. The maximum absolute atomic E-state index is 12.7. The number of nitriles is 1. The summed E-state index contributed by atoms with van der Waals surface area (Å²) in [7, 11) is 0. The Balaban J connectivity index is 2.11. The van der Waals surface area contributed by atoms with E-state index < -0.39 is 5.41 Å². The van der Waals surface area contributed by atoms with E-state index in [9.17, 15) is 10.1 Å². The van der Waals surface area contributed by atoms with Gasteiger partial charge in [-0.15, -0.1) is 0 Å². The van der Waals surface area contributed by atoms with Gasteiger partial charge < -0.3 is 4.90 Å². The van der Waals surface area contributed by atoms with Crippen LogP contribution in [0, 0.1) is 28.6 Å². The molecule has 1 heterocycles. The van der Waals surface area contributed by atoms with Crippen LogP contribution < -0.4 is 0 Å². The number of amides is 1. The number of piperidine rings is 1. The largest absolute Gasteiger partial charge is 0.341 e. The highest BCUT2D eigenvalue weighted by molar-refractivity contribution is 5.85. The van der Waals surface area contributed by atoms with Gasteiger partial charge in [-0.3, -0.25) is 4.79 Å². The van der Waals surface area contributed by atoms with Crippen molar-refractivity contribution in [2.24, 2.45) is 17.3 Å². The van der Waals surface area contributed by atoms with Crippen LogP contribution in [-0.4, -0.2) is 23.9 Å². The Morgan fingerprint density at radius 1 is 1.17 bits per heavy atom. The molecule has 0 aromatic carbocycles. The van der Waals surface area contributed by atoms with Gasteiger partial charge in [0.05, 0.1) is 6.07 Å². The summed E-state index contributed by atoms with van der Waals surface area (Å²) < 4.78 is 0. The van der Waals surface area contributed by atoms with Crippen molar-refractivity contribution in [1.82, 2.24) is 4.90 Å². The van der Waals surface area contributed by atoms with Gasteiger partial charge >= 0.3 is 0 Å². The molecule has 2 atom stereocenters. The molecule has 2 rings (SSSR count). The third kappa shape index (κ3) is 2.53. The van der Waals surface area contributed by atoms with Gasteiger partial charge in [0.2, 0.25) is 5.91 Å². The summed E-state index contributed by atoms with van der Waals surface area (Å²) in [5.41, 5.74) is -0.699. The van der Waals surface area contributed by atoms with E-state index in [1.165, 1.54) is 12.8 Å². The first kappa shape index (κ1) is 13.4. The highest BCUT2D eigenvalue weighted by Gasteiger charge is 2.43. The highest BCUT2D eigenvalue weighted by Crippen LogP contribution is 2.38. The highest BCUT2D eigenvalue weighted by atomic mass is 16.2. The molecule has 0 spiro atoms. The molecule has 1 amide bonds. The van der Waals surface area contributed by atoms with E-state index in [0.29, 0.717) is 11.8 Å². The molecule has 0 aromatic rings. The van der Waals surface area contributed by atoms with Crippen molar-refractivity contribution < 1.29 is 4.79 Å². The topological polar surface area (TPSA) is 44.1 Å². The van der Waals surface area contributed by atoms with Crippen LogP contribution in [-0.2, 0) is 4.79 Å². The molecule has 0 radical (unpaired) electrons. The summed E-state index contributed by atoms with van der Waals surface area (Å²) in [6.07, 6.45) is 5.95. The van der Waals surface area contributed by atoms with Crippen LogP contribution in [0.2, 0.25) is 0 Å². The van der Waals surface area contributed by atoms with E-state index in [4.69, 9.17) is 0 Å². The number of hydrogen-bond donors (Lipinski definition) is 0. The lowest BCUT2D eigenvalue weighted by atomic mass is 9.73. The van der Waals surface area contributed by atoms with Gasteiger partial charge in [0, 0.05) is 13.1 Å². The monoisotopic (exact) mass is 248 g/mol. The molecule has 1 saturated heterocycles. The molecule has 1 aliphatic heterocycles. The fraction of sp³-hybridized carbons (Fsp3) is 0.867. The van der Waals surface area contributed by atoms with E-state index in [2.05, 4.69) is 19.9 Å². The fourth-order valence-electron chi connectivity index (χ4n) is 3.66. The third-order valence-electron chi connectivity index (χ3n) is 4.49. The van der Waals surface area contributed by atoms with Crippen LogP contribution in [0.25, 0.3) is 0 Å². The van der Waals surface area contributed by atoms with Gasteiger partial charge in [0.25, 0.3) is 0 Å². The van der Waals surface area contributed by atoms with E-state index in [-0.39, 0.29) is 5.91 Å². The van der Waals surface area contributed by atoms with Crippen molar-refractivity contribution in [2.45, 2.75) is 52.4 Å². The van der Waals surface area contributed by atoms with Crippen LogP contribution in [0.5, 0.6) is 0 Å². The number of rotatable bonds is 1. The molecule has 3 nitrogen and oxygen atoms in total. The average Bonchev–Trinajstić information content (AvgIpc) is 2.37. The molecule has 1 aliphatic carbocycles. The summed E-state index contributed by atoms with van der Waals surface area (Å²) in [4.78, 5) is 14.7. The van der Waals surface area contributed by atoms with Crippen molar-refractivity contribution in [3.63, 3.8) is 0 Å². The first-order valence-corrected chi connectivity index (χ1v) is 7.28. The van der Waals surface area contributed by atoms with Gasteiger partial charge in [-0.25, -0.2) is 0 Å². The van der Waals surface area contributed by atoms with Crippen LogP contribution in [0.4, 0.5) is 0 Å². The predicted octanol–water partition coefficient (Wildman–Crippen LogP) is 2.96. The smallest absolute Gasteiger partial charge is 0.243 e. The zero-order valence-corrected chi connectivity index (χ0v) is 11.6. The minimum Gasteiger partial charge on any atom is -0.341 e. The molecule has 18 heavy (non-hydrogen) atoms. The van der Waals surface area contributed by atoms with E-state index in [1.807, 2.05) is 4.90 Å². The molecule has 2 aliphatic rings. The van der Waals surface area contributed by atoms with Crippen molar-refractivity contribution >= 4 is 5.91 Å². The summed E-state index contributed by atoms with van der Waals surface area (Å²) in [5, 5.41) is 9.48. The van der Waals surface area contributed by atoms with E-state index in [0.717, 1.165) is 38.8 Å². The second-order valence-corrected chi connectivity index (χ2v) is 6.41. The molecular formula is C15H24N2O. The molecule has 2 fully saturated rings. The minimum atomic E-state index is -0.699. The summed E-state index contributed by atoms with van der Waals surface area (Å²) >= 11 is 0. The quantitative estimate of drug-likeness (QED) is 0.716. The fourth-order valence-corrected chi connectivity index (χ4v) is 3.66. The Morgan fingerprint density at radius 2 is 1.72 bits per heavy atom. The molecule has 0 N–H and O–H groups in total. The van der Waals surface area contributed by atoms with E-state index in [1.54, 1.807) is 0 Å². The second kappa shape index (κ2) is 5.30. The molecule has 0 aromatic heterocycles. The van der Waals surface area contributed by atoms with Gasteiger partial charge in [-0.05, 0) is 31.1 Å². The molecule has 0 bridgehead atoms. The van der Waals surface area contributed by atoms with Gasteiger partial charge in [-0.1, -0.05) is 33.1 Å². The molecule has 3 heteroatoms. The summed E-state index contributed by atoms with van der Waals surface area (Å²) in [6.45, 7) is 6.09. The van der Waals surface area contributed by atoms with Gasteiger partial charge in [0.15, 0.2) is 0 Å². The van der Waals surface area contributed by atoms with E-state index >= 15 is 0 Å². The number of carbonyl (C=O) groups excluding carboxylic acids is 1. The van der Waals surface area contributed by atoms with Crippen molar-refractivity contribution in [3.05, 3.63) is 0 Å². The van der Waals surface area contributed by atoms with Gasteiger partial charge in [-0.2, -0.15) is 5.26 Å². The second-order valence-electron chi connectivity index (χ2n) is 6.41. The normalized spacial score (nSPS) is 31.7. The SMILES string of the molecule is CC1CC(C)CN(C(=O)C2(C#N)CCCCC2)C1. The average molecular weight is 248 g/mol. The van der Waals surface area contributed by atoms with Crippen LogP contribution >= 0.6 is 0 Å². The predicted molar refractivity (Wildman–Crippen MR) is 70.7 cm³/mol.